The lowest BCUT2D eigenvalue weighted by atomic mass is 10.1. The minimum Gasteiger partial charge on any atom is -0.368 e. The summed E-state index contributed by atoms with van der Waals surface area (Å²) < 4.78 is 0. The van der Waals surface area contributed by atoms with E-state index in [0.29, 0.717) is 29.7 Å². The van der Waals surface area contributed by atoms with E-state index in [-0.39, 0.29) is 24.2 Å². The first kappa shape index (κ1) is 20.0. The second-order valence-electron chi connectivity index (χ2n) is 7.63. The van der Waals surface area contributed by atoms with Crippen LogP contribution in [0.15, 0.2) is 42.5 Å². The van der Waals surface area contributed by atoms with Crippen molar-refractivity contribution in [2.45, 2.75) is 13.3 Å². The predicted octanol–water partition coefficient (Wildman–Crippen LogP) is 4.00. The number of nitrogens with zero attached hydrogens (tertiary/aromatic N) is 3. The normalized spacial score (nSPS) is 19.8. The van der Waals surface area contributed by atoms with Gasteiger partial charge in [-0.3, -0.25) is 9.59 Å². The topological polar surface area (TPSA) is 43.9 Å². The summed E-state index contributed by atoms with van der Waals surface area (Å²) in [4.78, 5) is 31.3. The summed E-state index contributed by atoms with van der Waals surface area (Å²) in [5.74, 6) is -0.272. The molecular weight excluding hydrogens is 409 g/mol. The third-order valence-corrected chi connectivity index (χ3v) is 6.35. The molecule has 2 fully saturated rings. The number of rotatable bonds is 3. The highest BCUT2D eigenvalue weighted by Crippen LogP contribution is 2.30. The Hall–Kier alpha value is -2.24. The van der Waals surface area contributed by atoms with E-state index < -0.39 is 0 Å². The fraction of sp³-hybridized carbons (Fsp3) is 0.364. The van der Waals surface area contributed by atoms with Gasteiger partial charge in [0.05, 0.1) is 5.92 Å². The van der Waals surface area contributed by atoms with Crippen LogP contribution in [0, 0.1) is 12.8 Å². The van der Waals surface area contributed by atoms with Gasteiger partial charge in [0.25, 0.3) is 0 Å². The van der Waals surface area contributed by atoms with Crippen LogP contribution in [-0.4, -0.2) is 49.4 Å². The highest BCUT2D eigenvalue weighted by molar-refractivity contribution is 6.31. The number of aryl methyl sites for hydroxylation is 1. The van der Waals surface area contributed by atoms with Crippen molar-refractivity contribution in [3.8, 4) is 0 Å². The van der Waals surface area contributed by atoms with E-state index in [0.717, 1.165) is 30.0 Å². The van der Waals surface area contributed by atoms with Crippen molar-refractivity contribution in [3.63, 3.8) is 0 Å². The number of anilines is 2. The van der Waals surface area contributed by atoms with Crippen molar-refractivity contribution < 1.29 is 9.59 Å². The third-order valence-electron chi connectivity index (χ3n) is 5.71. The smallest absolute Gasteiger partial charge is 0.228 e. The molecule has 2 aliphatic rings. The number of carbonyl (C=O) groups is 2. The van der Waals surface area contributed by atoms with Crippen LogP contribution in [0.2, 0.25) is 10.0 Å². The van der Waals surface area contributed by atoms with Crippen molar-refractivity contribution in [1.82, 2.24) is 4.90 Å². The number of piperazine rings is 1. The number of benzene rings is 2. The molecule has 4 rings (SSSR count). The highest BCUT2D eigenvalue weighted by atomic mass is 35.5. The zero-order valence-electron chi connectivity index (χ0n) is 16.3. The van der Waals surface area contributed by atoms with E-state index in [1.807, 2.05) is 48.2 Å². The monoisotopic (exact) mass is 431 g/mol. The van der Waals surface area contributed by atoms with E-state index in [1.165, 1.54) is 0 Å². The maximum Gasteiger partial charge on any atom is 0.228 e. The molecule has 7 heteroatoms. The van der Waals surface area contributed by atoms with Crippen LogP contribution in [0.3, 0.4) is 0 Å². The van der Waals surface area contributed by atoms with Gasteiger partial charge >= 0.3 is 0 Å². The molecule has 2 aliphatic heterocycles. The van der Waals surface area contributed by atoms with E-state index in [9.17, 15) is 9.59 Å². The second-order valence-corrected chi connectivity index (χ2v) is 8.47. The summed E-state index contributed by atoms with van der Waals surface area (Å²) in [6.45, 7) is 5.13. The quantitative estimate of drug-likeness (QED) is 0.737. The zero-order chi connectivity index (χ0) is 20.5. The molecule has 5 nitrogen and oxygen atoms in total. The van der Waals surface area contributed by atoms with Crippen molar-refractivity contribution in [2.75, 3.05) is 42.5 Å². The molecule has 1 unspecified atom stereocenters. The van der Waals surface area contributed by atoms with E-state index in [1.54, 1.807) is 11.0 Å². The standard InChI is InChI=1S/C22H23Cl2N3O2/c1-15-5-6-19(13-20(15)24)27-14-16(11-21(27)28)22(29)26-9-7-25(8-10-26)18-4-2-3-17(23)12-18/h2-6,12-13,16H,7-11,14H2,1H3. The molecule has 0 saturated carbocycles. The Balaban J connectivity index is 1.38. The SMILES string of the molecule is Cc1ccc(N2CC(C(=O)N3CCN(c4cccc(Cl)c4)CC3)CC2=O)cc1Cl. The lowest BCUT2D eigenvalue weighted by molar-refractivity contribution is -0.136. The van der Waals surface area contributed by atoms with Crippen LogP contribution in [-0.2, 0) is 9.59 Å². The molecule has 1 atom stereocenters. The van der Waals surface area contributed by atoms with Crippen molar-refractivity contribution in [1.29, 1.82) is 0 Å². The number of hydrogen-bond donors (Lipinski definition) is 0. The van der Waals surface area contributed by atoms with Gasteiger partial charge < -0.3 is 14.7 Å². The average Bonchev–Trinajstić information content (AvgIpc) is 3.11. The number of hydrogen-bond acceptors (Lipinski definition) is 3. The van der Waals surface area contributed by atoms with Gasteiger partial charge in [0.1, 0.15) is 0 Å². The van der Waals surface area contributed by atoms with Crippen LogP contribution in [0.1, 0.15) is 12.0 Å². The van der Waals surface area contributed by atoms with Crippen LogP contribution < -0.4 is 9.80 Å². The number of carbonyl (C=O) groups excluding carboxylic acids is 2. The largest absolute Gasteiger partial charge is 0.368 e. The van der Waals surface area contributed by atoms with Crippen molar-refractivity contribution in [3.05, 3.63) is 58.1 Å². The molecule has 0 bridgehead atoms. The summed E-state index contributed by atoms with van der Waals surface area (Å²) in [5, 5.41) is 1.34. The van der Waals surface area contributed by atoms with Gasteiger partial charge in [0.15, 0.2) is 0 Å². The van der Waals surface area contributed by atoms with Gasteiger partial charge in [0.2, 0.25) is 11.8 Å². The Labute approximate surface area is 180 Å². The minimum absolute atomic E-state index is 0.0270. The Kier molecular flexibility index (Phi) is 5.70. The molecule has 152 valence electrons. The van der Waals surface area contributed by atoms with Gasteiger partial charge in [-0.1, -0.05) is 35.3 Å². The molecule has 2 amide bonds. The van der Waals surface area contributed by atoms with Crippen LogP contribution >= 0.6 is 23.2 Å². The number of amides is 2. The molecule has 0 aliphatic carbocycles. The number of halogens is 2. The summed E-state index contributed by atoms with van der Waals surface area (Å²) >= 11 is 12.3. The maximum atomic E-state index is 13.0. The van der Waals surface area contributed by atoms with E-state index >= 15 is 0 Å². The summed E-state index contributed by atoms with van der Waals surface area (Å²) in [6, 6.07) is 13.3. The van der Waals surface area contributed by atoms with Crippen molar-refractivity contribution >= 4 is 46.4 Å². The zero-order valence-corrected chi connectivity index (χ0v) is 17.8. The van der Waals surface area contributed by atoms with Gasteiger partial charge in [0, 0.05) is 60.6 Å². The first-order valence-corrected chi connectivity index (χ1v) is 10.5. The molecule has 29 heavy (non-hydrogen) atoms. The summed E-state index contributed by atoms with van der Waals surface area (Å²) in [7, 11) is 0. The predicted molar refractivity (Wildman–Crippen MR) is 117 cm³/mol. The molecule has 0 radical (unpaired) electrons. The first-order valence-electron chi connectivity index (χ1n) is 9.78. The van der Waals surface area contributed by atoms with E-state index in [4.69, 9.17) is 23.2 Å². The van der Waals surface area contributed by atoms with Crippen LogP contribution in [0.5, 0.6) is 0 Å². The molecular formula is C22H23Cl2N3O2. The third kappa shape index (κ3) is 4.21. The minimum atomic E-state index is -0.305. The second kappa shape index (κ2) is 8.25. The Bertz CT molecular complexity index is 941. The van der Waals surface area contributed by atoms with Gasteiger partial charge in [-0.25, -0.2) is 0 Å². The van der Waals surface area contributed by atoms with E-state index in [2.05, 4.69) is 4.90 Å². The Morgan fingerprint density at radius 2 is 1.76 bits per heavy atom. The Morgan fingerprint density at radius 3 is 2.45 bits per heavy atom. The van der Waals surface area contributed by atoms with Gasteiger partial charge in [-0.2, -0.15) is 0 Å². The lowest BCUT2D eigenvalue weighted by Gasteiger charge is -2.37. The van der Waals surface area contributed by atoms with Crippen LogP contribution in [0.4, 0.5) is 11.4 Å². The van der Waals surface area contributed by atoms with Crippen LogP contribution in [0.25, 0.3) is 0 Å². The molecule has 2 aromatic carbocycles. The molecule has 2 heterocycles. The highest BCUT2D eigenvalue weighted by Gasteiger charge is 2.38. The van der Waals surface area contributed by atoms with Gasteiger partial charge in [-0.05, 0) is 42.8 Å². The molecule has 0 spiro atoms. The molecule has 0 aromatic heterocycles. The first-order chi connectivity index (χ1) is 13.9. The molecule has 0 N–H and O–H groups in total. The van der Waals surface area contributed by atoms with Gasteiger partial charge in [-0.15, -0.1) is 0 Å². The van der Waals surface area contributed by atoms with Crippen molar-refractivity contribution in [2.24, 2.45) is 5.92 Å². The summed E-state index contributed by atoms with van der Waals surface area (Å²) in [5.41, 5.74) is 2.79. The fourth-order valence-electron chi connectivity index (χ4n) is 3.99. The Morgan fingerprint density at radius 1 is 1.00 bits per heavy atom. The summed E-state index contributed by atoms with van der Waals surface area (Å²) in [6.07, 6.45) is 0.249. The average molecular weight is 432 g/mol. The molecule has 2 saturated heterocycles. The maximum absolute atomic E-state index is 13.0. The lowest BCUT2D eigenvalue weighted by Crippen LogP contribution is -2.50. The molecule has 2 aromatic rings. The fourth-order valence-corrected chi connectivity index (χ4v) is 4.35.